The van der Waals surface area contributed by atoms with Crippen molar-refractivity contribution in [2.75, 3.05) is 13.2 Å². The molecule has 10 nitrogen and oxygen atoms in total. The average Bonchev–Trinajstić information content (AvgIpc) is 3.00. The molecule has 44 heavy (non-hydrogen) atoms. The third-order valence-electron chi connectivity index (χ3n) is 8.20. The van der Waals surface area contributed by atoms with Gasteiger partial charge >= 0.3 is 0 Å². The van der Waals surface area contributed by atoms with Gasteiger partial charge in [0.05, 0.1) is 25.2 Å². The number of carbonyl (C=O) groups excluding carboxylic acids is 1. The summed E-state index contributed by atoms with van der Waals surface area (Å²) in [5.41, 5.74) is 5.77. The van der Waals surface area contributed by atoms with Crippen LogP contribution in [0.5, 0.6) is 0 Å². The molecule has 254 valence electrons. The fourth-order valence-corrected chi connectivity index (χ4v) is 5.40. The van der Waals surface area contributed by atoms with Gasteiger partial charge in [-0.15, -0.1) is 0 Å². The molecule has 1 saturated heterocycles. The molecule has 1 aromatic carbocycles. The van der Waals surface area contributed by atoms with E-state index in [0.29, 0.717) is 6.42 Å². The molecule has 0 bridgehead atoms. The molecular formula is C32H54F2N2O8. The summed E-state index contributed by atoms with van der Waals surface area (Å²) in [4.78, 5) is 12.8. The minimum atomic E-state index is -1.64. The van der Waals surface area contributed by atoms with Crippen LogP contribution in [-0.4, -0.2) is 93.5 Å². The van der Waals surface area contributed by atoms with Gasteiger partial charge < -0.3 is 46.1 Å². The summed E-state index contributed by atoms with van der Waals surface area (Å²) in [6, 6.07) is 1.87. The van der Waals surface area contributed by atoms with E-state index in [1.54, 1.807) is 0 Å². The Morgan fingerprint density at radius 2 is 1.50 bits per heavy atom. The molecule has 1 aliphatic rings. The van der Waals surface area contributed by atoms with Crippen molar-refractivity contribution in [3.63, 3.8) is 0 Å². The number of rotatable bonds is 22. The van der Waals surface area contributed by atoms with Crippen LogP contribution in [-0.2, 0) is 20.7 Å². The molecule has 8 N–H and O–H groups in total. The van der Waals surface area contributed by atoms with E-state index in [1.807, 2.05) is 0 Å². The topological polar surface area (TPSA) is 175 Å². The Morgan fingerprint density at radius 3 is 2.07 bits per heavy atom. The summed E-state index contributed by atoms with van der Waals surface area (Å²) >= 11 is 0. The second-order valence-electron chi connectivity index (χ2n) is 11.9. The van der Waals surface area contributed by atoms with E-state index in [4.69, 9.17) is 15.2 Å². The van der Waals surface area contributed by atoms with E-state index < -0.39 is 73.1 Å². The second kappa shape index (κ2) is 21.1. The zero-order valence-corrected chi connectivity index (χ0v) is 26.0. The van der Waals surface area contributed by atoms with Gasteiger partial charge in [0.25, 0.3) is 0 Å². The first-order chi connectivity index (χ1) is 21.1. The number of ether oxygens (including phenoxy) is 2. The maximum absolute atomic E-state index is 13.6. The molecule has 0 saturated carbocycles. The molecule has 0 radical (unpaired) electrons. The number of hydrogen-bond donors (Lipinski definition) is 7. The first-order valence-electron chi connectivity index (χ1n) is 16.2. The number of benzene rings is 1. The van der Waals surface area contributed by atoms with Crippen molar-refractivity contribution in [2.24, 2.45) is 5.73 Å². The highest BCUT2D eigenvalue weighted by Gasteiger charge is 2.44. The molecule has 0 spiro atoms. The maximum Gasteiger partial charge on any atom is 0.224 e. The summed E-state index contributed by atoms with van der Waals surface area (Å²) in [7, 11) is 0. The van der Waals surface area contributed by atoms with Crippen LogP contribution < -0.4 is 11.1 Å². The van der Waals surface area contributed by atoms with Crippen LogP contribution >= 0.6 is 0 Å². The van der Waals surface area contributed by atoms with Crippen molar-refractivity contribution in [3.05, 3.63) is 35.4 Å². The minimum Gasteiger partial charge on any atom is -0.390 e. The molecule has 1 aromatic rings. The summed E-state index contributed by atoms with van der Waals surface area (Å²) in [5.74, 6) is -2.81. The summed E-state index contributed by atoms with van der Waals surface area (Å²) in [5, 5.41) is 54.8. The molecule has 2 rings (SSSR count). The maximum atomic E-state index is 13.6. The Labute approximate surface area is 259 Å². The summed E-state index contributed by atoms with van der Waals surface area (Å²) < 4.78 is 38.0. The molecule has 2 unspecified atom stereocenters. The van der Waals surface area contributed by atoms with Gasteiger partial charge in [0.1, 0.15) is 30.5 Å². The lowest BCUT2D eigenvalue weighted by molar-refractivity contribution is -0.296. The predicted octanol–water partition coefficient (Wildman–Crippen LogP) is 2.59. The molecule has 12 heteroatoms. The van der Waals surface area contributed by atoms with E-state index in [0.717, 1.165) is 31.4 Å². The Hall–Kier alpha value is -1.77. The van der Waals surface area contributed by atoms with E-state index in [2.05, 4.69) is 12.2 Å². The number of amides is 1. The van der Waals surface area contributed by atoms with Gasteiger partial charge in [0, 0.05) is 6.54 Å². The lowest BCUT2D eigenvalue weighted by atomic mass is 9.98. The molecule has 8 atom stereocenters. The van der Waals surface area contributed by atoms with Crippen molar-refractivity contribution in [2.45, 2.75) is 146 Å². The second-order valence-corrected chi connectivity index (χ2v) is 11.9. The van der Waals surface area contributed by atoms with Crippen molar-refractivity contribution >= 4 is 5.91 Å². The highest BCUT2D eigenvalue weighted by Crippen LogP contribution is 2.22. The number of aliphatic hydroxyl groups excluding tert-OH is 5. The van der Waals surface area contributed by atoms with Gasteiger partial charge in [-0.05, 0) is 24.1 Å². The summed E-state index contributed by atoms with van der Waals surface area (Å²) in [6.07, 6.45) is 3.89. The highest BCUT2D eigenvalue weighted by molar-refractivity contribution is 5.78. The fourth-order valence-electron chi connectivity index (χ4n) is 5.40. The highest BCUT2D eigenvalue weighted by atomic mass is 19.2. The lowest BCUT2D eigenvalue weighted by Gasteiger charge is -2.40. The quantitative estimate of drug-likeness (QED) is 0.0948. The smallest absolute Gasteiger partial charge is 0.224 e. The monoisotopic (exact) mass is 632 g/mol. The number of carbonyl (C=O) groups is 1. The molecule has 1 fully saturated rings. The Kier molecular flexibility index (Phi) is 18.4. The standard InChI is InChI=1S/C32H54F2N2O8/c1-2-3-4-5-6-7-8-9-10-11-12-13-14-25(37)28(39)24(36-27(38)18-21-15-16-22(33)23(34)17-21)20-43-32-31(42)30(41)29(40)26(19-35)44-32/h15-17,24-26,28-32,37,39-42H,2-14,18-20,35H2,1H3,(H,36,38)/t24-,25+,26?,28-,29-,30-,31?,32-/m0/s1. The van der Waals surface area contributed by atoms with Gasteiger partial charge in [-0.25, -0.2) is 8.78 Å². The van der Waals surface area contributed by atoms with Crippen molar-refractivity contribution in [1.82, 2.24) is 5.32 Å². The fraction of sp³-hybridized carbons (Fsp3) is 0.781. The zero-order chi connectivity index (χ0) is 32.5. The van der Waals surface area contributed by atoms with Gasteiger partial charge in [-0.2, -0.15) is 0 Å². The number of unbranched alkanes of at least 4 members (excludes halogenated alkanes) is 11. The molecule has 0 aromatic heterocycles. The zero-order valence-electron chi connectivity index (χ0n) is 26.0. The minimum absolute atomic E-state index is 0.167. The van der Waals surface area contributed by atoms with E-state index in [9.17, 15) is 39.1 Å². The first-order valence-corrected chi connectivity index (χ1v) is 16.2. The largest absolute Gasteiger partial charge is 0.390 e. The van der Waals surface area contributed by atoms with E-state index in [-0.39, 0.29) is 24.9 Å². The lowest BCUT2D eigenvalue weighted by Crippen LogP contribution is -2.61. The first kappa shape index (κ1) is 38.4. The van der Waals surface area contributed by atoms with Crippen LogP contribution in [0.15, 0.2) is 18.2 Å². The van der Waals surface area contributed by atoms with Crippen LogP contribution in [0.4, 0.5) is 8.78 Å². The Balaban J connectivity index is 1.88. The third kappa shape index (κ3) is 13.3. The number of halogens is 2. The normalized spacial score (nSPS) is 24.2. The summed E-state index contributed by atoms with van der Waals surface area (Å²) in [6.45, 7) is 1.60. The number of aliphatic hydroxyl groups is 5. The molecule has 1 amide bonds. The average molecular weight is 633 g/mol. The van der Waals surface area contributed by atoms with Crippen LogP contribution in [0.1, 0.15) is 96.0 Å². The Morgan fingerprint density at radius 1 is 0.909 bits per heavy atom. The van der Waals surface area contributed by atoms with Gasteiger partial charge in [0.15, 0.2) is 17.9 Å². The van der Waals surface area contributed by atoms with Gasteiger partial charge in [-0.3, -0.25) is 4.79 Å². The SMILES string of the molecule is CCCCCCCCCCCCCC[C@@H](O)[C@@H](O)[C@H](CO[C@H]1OC(CN)[C@H](O)[C@H](O)C1O)NC(=O)Cc1ccc(F)c(F)c1. The van der Waals surface area contributed by atoms with Crippen LogP contribution in [0.3, 0.4) is 0 Å². The number of hydrogen-bond acceptors (Lipinski definition) is 9. The predicted molar refractivity (Wildman–Crippen MR) is 161 cm³/mol. The van der Waals surface area contributed by atoms with Crippen LogP contribution in [0.25, 0.3) is 0 Å². The number of nitrogens with one attached hydrogen (secondary N) is 1. The molecule has 1 aliphatic heterocycles. The molecule has 0 aliphatic carbocycles. The van der Waals surface area contributed by atoms with Crippen molar-refractivity contribution < 1.29 is 48.6 Å². The van der Waals surface area contributed by atoms with Gasteiger partial charge in [-0.1, -0.05) is 90.0 Å². The van der Waals surface area contributed by atoms with Crippen LogP contribution in [0, 0.1) is 11.6 Å². The van der Waals surface area contributed by atoms with Crippen LogP contribution in [0.2, 0.25) is 0 Å². The third-order valence-corrected chi connectivity index (χ3v) is 8.20. The van der Waals surface area contributed by atoms with Crippen molar-refractivity contribution in [3.8, 4) is 0 Å². The molecular weight excluding hydrogens is 578 g/mol. The number of nitrogens with two attached hydrogens (primary N) is 1. The van der Waals surface area contributed by atoms with E-state index in [1.165, 1.54) is 57.4 Å². The van der Waals surface area contributed by atoms with Crippen molar-refractivity contribution in [1.29, 1.82) is 0 Å². The van der Waals surface area contributed by atoms with Gasteiger partial charge in [0.2, 0.25) is 5.91 Å². The molecule has 1 heterocycles. The Bertz CT molecular complexity index is 944. The van der Waals surface area contributed by atoms with E-state index >= 15 is 0 Å².